The summed E-state index contributed by atoms with van der Waals surface area (Å²) in [4.78, 5) is 19.6. The molecule has 0 atom stereocenters. The van der Waals surface area contributed by atoms with Crippen LogP contribution in [0, 0.1) is 12.4 Å². The smallest absolute Gasteiger partial charge is 0.303 e. The number of hydrogen-bond donors (Lipinski definition) is 1. The zero-order valence-corrected chi connectivity index (χ0v) is 18.8. The average molecular weight is 455 g/mol. The lowest BCUT2D eigenvalue weighted by Gasteiger charge is -2.13. The number of ether oxygens (including phenoxy) is 2. The summed E-state index contributed by atoms with van der Waals surface area (Å²) in [6.45, 7) is 11.2. The van der Waals surface area contributed by atoms with Crippen molar-refractivity contribution in [3.05, 3.63) is 59.3 Å². The second kappa shape index (κ2) is 10.2. The molecule has 0 unspecified atom stereocenters. The Hall–Kier alpha value is -3.44. The molecule has 0 amide bonds. The Morgan fingerprint density at radius 1 is 1.31 bits per heavy atom. The van der Waals surface area contributed by atoms with Crippen molar-refractivity contribution in [2.45, 2.75) is 39.2 Å². The van der Waals surface area contributed by atoms with Gasteiger partial charge >= 0.3 is 5.97 Å². The van der Waals surface area contributed by atoms with E-state index in [9.17, 15) is 9.18 Å². The fraction of sp³-hybridized carbons (Fsp3) is 0.292. The molecular weight excluding hydrogens is 431 g/mol. The van der Waals surface area contributed by atoms with E-state index < -0.39 is 11.8 Å². The first kappa shape index (κ1) is 23.2. The predicted octanol–water partition coefficient (Wildman–Crippen LogP) is 6.37. The Bertz CT molecular complexity index is 1170. The number of methoxy groups -OCH3 is 1. The average Bonchev–Trinajstić information content (AvgIpc) is 3.23. The van der Waals surface area contributed by atoms with Gasteiger partial charge in [-0.25, -0.2) is 14.2 Å². The van der Waals surface area contributed by atoms with Crippen LogP contribution in [-0.4, -0.2) is 29.3 Å². The summed E-state index contributed by atoms with van der Waals surface area (Å²) in [6.07, 6.45) is 2.37. The molecule has 0 saturated heterocycles. The van der Waals surface area contributed by atoms with Crippen LogP contribution in [-0.2, 0) is 11.2 Å². The Balaban J connectivity index is 1.95. The normalized spacial score (nSPS) is 10.8. The van der Waals surface area contributed by atoms with Crippen molar-refractivity contribution in [2.75, 3.05) is 7.11 Å². The van der Waals surface area contributed by atoms with Crippen LogP contribution < -0.4 is 9.47 Å². The first-order valence-corrected chi connectivity index (χ1v) is 10.9. The molecule has 0 aliphatic carbocycles. The van der Waals surface area contributed by atoms with Gasteiger partial charge in [0.05, 0.1) is 24.7 Å². The van der Waals surface area contributed by atoms with E-state index in [1.807, 2.05) is 19.9 Å². The summed E-state index contributed by atoms with van der Waals surface area (Å²) in [5.41, 5.74) is 2.34. The molecule has 6 nitrogen and oxygen atoms in total. The van der Waals surface area contributed by atoms with E-state index in [-0.39, 0.29) is 12.5 Å². The highest BCUT2D eigenvalue weighted by Gasteiger charge is 2.17. The van der Waals surface area contributed by atoms with Gasteiger partial charge in [0, 0.05) is 23.7 Å². The number of aliphatic carboxylic acids is 1. The Labute approximate surface area is 190 Å². The molecule has 0 spiro atoms. The SMILES string of the molecule is [C-]#[N+]c1cc(-c2ncc(-c3cc(F)cc(CCCC(=O)O)c3OC)s2)ccc1OC(C)C. The van der Waals surface area contributed by atoms with Crippen LogP contribution in [0.4, 0.5) is 10.1 Å². The van der Waals surface area contributed by atoms with Crippen molar-refractivity contribution in [1.29, 1.82) is 0 Å². The van der Waals surface area contributed by atoms with Gasteiger partial charge in [0.1, 0.15) is 22.3 Å². The number of halogens is 1. The third-order valence-electron chi connectivity index (χ3n) is 4.63. The molecule has 0 saturated carbocycles. The molecule has 1 N–H and O–H groups in total. The quantitative estimate of drug-likeness (QED) is 0.380. The van der Waals surface area contributed by atoms with E-state index in [4.69, 9.17) is 21.2 Å². The monoisotopic (exact) mass is 454 g/mol. The largest absolute Gasteiger partial charge is 0.502 e. The lowest BCUT2D eigenvalue weighted by molar-refractivity contribution is -0.137. The standard InChI is InChI=1S/C24H23FN2O4S/c1-14(2)31-20-9-8-16(11-19(20)26-3)24-27-13-21(32-24)18-12-17(25)10-15(23(18)30-4)6-5-7-22(28)29/h8-14H,5-7H2,1-2,4H3,(H,28,29). The lowest BCUT2D eigenvalue weighted by atomic mass is 10.0. The van der Waals surface area contributed by atoms with Gasteiger partial charge in [0.15, 0.2) is 0 Å². The van der Waals surface area contributed by atoms with Crippen LogP contribution in [0.25, 0.3) is 25.9 Å². The first-order valence-electron chi connectivity index (χ1n) is 10.0. The third kappa shape index (κ3) is 5.42. The van der Waals surface area contributed by atoms with Gasteiger partial charge in [-0.05, 0) is 56.5 Å². The van der Waals surface area contributed by atoms with Gasteiger partial charge in [-0.3, -0.25) is 4.79 Å². The van der Waals surface area contributed by atoms with E-state index in [0.717, 1.165) is 5.56 Å². The van der Waals surface area contributed by atoms with Gasteiger partial charge in [-0.15, -0.1) is 11.3 Å². The molecule has 1 aromatic heterocycles. The van der Waals surface area contributed by atoms with Gasteiger partial charge in [0.25, 0.3) is 0 Å². The van der Waals surface area contributed by atoms with Crippen LogP contribution in [0.1, 0.15) is 32.3 Å². The second-order valence-corrected chi connectivity index (χ2v) is 8.41. The van der Waals surface area contributed by atoms with Crippen molar-refractivity contribution in [1.82, 2.24) is 4.98 Å². The molecule has 32 heavy (non-hydrogen) atoms. The van der Waals surface area contributed by atoms with Crippen molar-refractivity contribution in [3.8, 4) is 32.5 Å². The fourth-order valence-electron chi connectivity index (χ4n) is 3.31. The zero-order valence-electron chi connectivity index (χ0n) is 18.0. The maximum atomic E-state index is 14.4. The van der Waals surface area contributed by atoms with Gasteiger partial charge in [-0.2, -0.15) is 0 Å². The van der Waals surface area contributed by atoms with Crippen molar-refractivity contribution in [2.24, 2.45) is 0 Å². The number of carboxylic acids is 1. The molecule has 2 aromatic carbocycles. The Kier molecular flexibility index (Phi) is 7.44. The molecule has 3 rings (SSSR count). The highest BCUT2D eigenvalue weighted by Crippen LogP contribution is 2.41. The summed E-state index contributed by atoms with van der Waals surface area (Å²) in [5.74, 6) is -0.286. The van der Waals surface area contributed by atoms with E-state index in [2.05, 4.69) is 9.83 Å². The molecule has 0 fully saturated rings. The number of benzene rings is 2. The zero-order chi connectivity index (χ0) is 23.3. The van der Waals surface area contributed by atoms with Crippen molar-refractivity contribution >= 4 is 23.0 Å². The molecule has 3 aromatic rings. The molecular formula is C24H23FN2O4S. The molecule has 1 heterocycles. The number of nitrogens with zero attached hydrogens (tertiary/aromatic N) is 2. The summed E-state index contributed by atoms with van der Waals surface area (Å²) < 4.78 is 25.6. The van der Waals surface area contributed by atoms with E-state index in [1.165, 1.54) is 30.6 Å². The Morgan fingerprint density at radius 3 is 2.75 bits per heavy atom. The minimum absolute atomic E-state index is 0.000385. The van der Waals surface area contributed by atoms with Crippen LogP contribution in [0.2, 0.25) is 0 Å². The molecule has 0 radical (unpaired) electrons. The highest BCUT2D eigenvalue weighted by atomic mass is 32.1. The van der Waals surface area contributed by atoms with Crippen LogP contribution >= 0.6 is 11.3 Å². The summed E-state index contributed by atoms with van der Waals surface area (Å²) >= 11 is 1.36. The maximum Gasteiger partial charge on any atom is 0.303 e. The molecule has 8 heteroatoms. The summed E-state index contributed by atoms with van der Waals surface area (Å²) in [6, 6.07) is 8.10. The first-order chi connectivity index (χ1) is 15.3. The molecule has 0 aliphatic heterocycles. The number of carboxylic acid groups (broad SMARTS) is 1. The number of rotatable bonds is 9. The minimum Gasteiger partial charge on any atom is -0.502 e. The van der Waals surface area contributed by atoms with Crippen molar-refractivity contribution in [3.63, 3.8) is 0 Å². The number of hydrogen-bond acceptors (Lipinski definition) is 5. The molecule has 0 bridgehead atoms. The predicted molar refractivity (Wildman–Crippen MR) is 122 cm³/mol. The van der Waals surface area contributed by atoms with E-state index >= 15 is 0 Å². The van der Waals surface area contributed by atoms with E-state index in [0.29, 0.717) is 51.0 Å². The number of thiazole rings is 1. The Morgan fingerprint density at radius 2 is 2.09 bits per heavy atom. The van der Waals surface area contributed by atoms with Crippen LogP contribution in [0.15, 0.2) is 36.5 Å². The van der Waals surface area contributed by atoms with Gasteiger partial charge in [0.2, 0.25) is 5.69 Å². The van der Waals surface area contributed by atoms with Crippen LogP contribution in [0.5, 0.6) is 11.5 Å². The number of aromatic nitrogens is 1. The summed E-state index contributed by atoms with van der Waals surface area (Å²) in [5, 5.41) is 9.56. The topological polar surface area (TPSA) is 73.0 Å². The van der Waals surface area contributed by atoms with Gasteiger partial charge < -0.3 is 14.6 Å². The second-order valence-electron chi connectivity index (χ2n) is 7.38. The molecule has 0 aliphatic rings. The summed E-state index contributed by atoms with van der Waals surface area (Å²) in [7, 11) is 1.51. The fourth-order valence-corrected chi connectivity index (χ4v) is 4.24. The lowest BCUT2D eigenvalue weighted by Crippen LogP contribution is -2.05. The highest BCUT2D eigenvalue weighted by molar-refractivity contribution is 7.18. The van der Waals surface area contributed by atoms with Crippen LogP contribution in [0.3, 0.4) is 0 Å². The third-order valence-corrected chi connectivity index (χ3v) is 5.71. The van der Waals surface area contributed by atoms with Gasteiger partial charge in [-0.1, -0.05) is 6.07 Å². The van der Waals surface area contributed by atoms with E-state index in [1.54, 1.807) is 18.3 Å². The number of carbonyl (C=O) groups is 1. The molecule has 166 valence electrons. The minimum atomic E-state index is -0.892. The maximum absolute atomic E-state index is 14.4. The van der Waals surface area contributed by atoms with Crippen molar-refractivity contribution < 1.29 is 23.8 Å². The number of aryl methyl sites for hydroxylation is 1.